The number of fused-ring (bicyclic) bond motifs is 3. The lowest BCUT2D eigenvalue weighted by atomic mass is 9.43. The molecule has 3 saturated carbocycles. The van der Waals surface area contributed by atoms with Crippen molar-refractivity contribution < 1.29 is 28.4 Å². The van der Waals surface area contributed by atoms with Crippen LogP contribution >= 0.6 is 0 Å². The lowest BCUT2D eigenvalue weighted by molar-refractivity contribution is -0.199. The van der Waals surface area contributed by atoms with E-state index in [2.05, 4.69) is 69.5 Å². The van der Waals surface area contributed by atoms with E-state index in [0.29, 0.717) is 18.3 Å². The van der Waals surface area contributed by atoms with E-state index in [-0.39, 0.29) is 48.7 Å². The third-order valence-electron chi connectivity index (χ3n) is 14.9. The van der Waals surface area contributed by atoms with Crippen LogP contribution in [0.25, 0.3) is 11.1 Å². The summed E-state index contributed by atoms with van der Waals surface area (Å²) in [6.07, 6.45) is 2.03. The molecule has 1 aliphatic heterocycles. The molecule has 5 aromatic carbocycles. The molecule has 0 radical (unpaired) electrons. The van der Waals surface area contributed by atoms with E-state index < -0.39 is 42.0 Å². The predicted molar refractivity (Wildman–Crippen MR) is 246 cm³/mol. The summed E-state index contributed by atoms with van der Waals surface area (Å²) in [6.45, 7) is 11.2. The number of esters is 1. The van der Waals surface area contributed by atoms with Crippen molar-refractivity contribution in [3.63, 3.8) is 0 Å². The second-order valence-corrected chi connectivity index (χ2v) is 19.5. The highest BCUT2D eigenvalue weighted by Gasteiger charge is 2.68. The van der Waals surface area contributed by atoms with Crippen LogP contribution in [0.5, 0.6) is 0 Å². The molecule has 0 unspecified atom stereocenters. The van der Waals surface area contributed by atoms with Crippen molar-refractivity contribution in [1.82, 2.24) is 10.6 Å². The van der Waals surface area contributed by atoms with Gasteiger partial charge in [-0.25, -0.2) is 0 Å². The fourth-order valence-corrected chi connectivity index (χ4v) is 11.5. The van der Waals surface area contributed by atoms with Crippen molar-refractivity contribution in [2.45, 2.75) is 95.8 Å². The third-order valence-corrected chi connectivity index (χ3v) is 14.9. The Kier molecular flexibility index (Phi) is 11.7. The monoisotopic (exact) mass is 842 g/mol. The van der Waals surface area contributed by atoms with E-state index in [1.807, 2.05) is 115 Å². The summed E-state index contributed by atoms with van der Waals surface area (Å²) in [6, 6.07) is 46.0. The van der Waals surface area contributed by atoms with Crippen LogP contribution in [-0.4, -0.2) is 49.2 Å². The van der Waals surface area contributed by atoms with Gasteiger partial charge in [-0.05, 0) is 88.3 Å². The Hall–Kier alpha value is -5.51. The fraction of sp³-hybridized carbons (Fsp3) is 0.389. The molecule has 1 heterocycles. The number of ether oxygens (including phenoxy) is 1. The lowest BCUT2D eigenvalue weighted by Crippen LogP contribution is -2.65. The number of benzene rings is 5. The summed E-state index contributed by atoms with van der Waals surface area (Å²) in [5, 5.41) is 6.69. The van der Waals surface area contributed by atoms with E-state index in [1.165, 1.54) is 0 Å². The molecule has 10 rings (SSSR count). The molecule has 5 aromatic rings. The van der Waals surface area contributed by atoms with Crippen molar-refractivity contribution in [2.24, 2.45) is 29.1 Å². The van der Waals surface area contributed by atoms with E-state index in [1.54, 1.807) is 0 Å². The van der Waals surface area contributed by atoms with E-state index in [9.17, 15) is 14.4 Å². The number of hydrogen-bond donors (Lipinski definition) is 2. The summed E-state index contributed by atoms with van der Waals surface area (Å²) in [5.41, 5.74) is 5.63. The standard InChI is InChI=1S/C54H59BN2O6/c1-35(2)29-48(55-62-47-33-40-32-46(52(40,3)4)53(47,5)63-55)56-51(60)36(31-50(59)61-34-45-43-27-17-15-25-41(43)42-26-16-18-28-44(42)45)30-49(58)57-54(37-19-9-6-10-20-37,38-21-11-7-12-22-38)39-23-13-8-14-24-39/h6-28,35-36,40,45-48H,29-34H2,1-5H3,(H,56,60)(H,57,58)/t36-,40-,46-,47+,48-,53-/m0/s1. The molecule has 9 heteroatoms. The number of nitrogens with one attached hydrogen (secondary N) is 2. The Morgan fingerprint density at radius 1 is 0.730 bits per heavy atom. The van der Waals surface area contributed by atoms with Gasteiger partial charge in [0.2, 0.25) is 11.8 Å². The summed E-state index contributed by atoms with van der Waals surface area (Å²) in [7, 11) is -0.660. The van der Waals surface area contributed by atoms with Gasteiger partial charge in [-0.1, -0.05) is 167 Å². The molecular weight excluding hydrogens is 783 g/mol. The Morgan fingerprint density at radius 3 is 1.78 bits per heavy atom. The first-order chi connectivity index (χ1) is 30.4. The first-order valence-electron chi connectivity index (χ1n) is 22.8. The van der Waals surface area contributed by atoms with E-state index >= 15 is 0 Å². The van der Waals surface area contributed by atoms with E-state index in [0.717, 1.165) is 51.8 Å². The smallest absolute Gasteiger partial charge is 0.465 e. The van der Waals surface area contributed by atoms with Gasteiger partial charge in [-0.15, -0.1) is 0 Å². The van der Waals surface area contributed by atoms with Crippen LogP contribution in [0.15, 0.2) is 140 Å². The molecule has 2 bridgehead atoms. The number of rotatable bonds is 15. The highest BCUT2D eigenvalue weighted by atomic mass is 16.7. The van der Waals surface area contributed by atoms with Gasteiger partial charge in [0, 0.05) is 12.3 Å². The molecular formula is C54H59BN2O6. The molecule has 324 valence electrons. The zero-order valence-electron chi connectivity index (χ0n) is 37.1. The van der Waals surface area contributed by atoms with Gasteiger partial charge in [-0.2, -0.15) is 0 Å². The van der Waals surface area contributed by atoms with Gasteiger partial charge in [0.25, 0.3) is 0 Å². The summed E-state index contributed by atoms with van der Waals surface area (Å²) in [4.78, 5) is 43.9. The zero-order chi connectivity index (χ0) is 43.9. The van der Waals surface area contributed by atoms with Gasteiger partial charge in [0.05, 0.1) is 30.0 Å². The zero-order valence-corrected chi connectivity index (χ0v) is 37.1. The molecule has 8 nitrogen and oxygen atoms in total. The van der Waals surface area contributed by atoms with Crippen LogP contribution in [0.3, 0.4) is 0 Å². The molecule has 63 heavy (non-hydrogen) atoms. The van der Waals surface area contributed by atoms with Crippen molar-refractivity contribution >= 4 is 24.9 Å². The maximum atomic E-state index is 14.9. The summed E-state index contributed by atoms with van der Waals surface area (Å²) < 4.78 is 19.7. The first kappa shape index (κ1) is 42.8. The van der Waals surface area contributed by atoms with Gasteiger partial charge >= 0.3 is 13.1 Å². The molecule has 4 aliphatic carbocycles. The highest BCUT2D eigenvalue weighted by molar-refractivity contribution is 6.48. The van der Waals surface area contributed by atoms with Crippen LogP contribution in [-0.2, 0) is 34.0 Å². The molecule has 2 amide bonds. The van der Waals surface area contributed by atoms with Crippen LogP contribution < -0.4 is 10.6 Å². The van der Waals surface area contributed by atoms with Gasteiger partial charge in [-0.3, -0.25) is 14.4 Å². The second kappa shape index (κ2) is 17.2. The lowest BCUT2D eigenvalue weighted by Gasteiger charge is -2.64. The average molecular weight is 843 g/mol. The Labute approximate surface area is 372 Å². The molecule has 0 spiro atoms. The number of carbonyl (C=O) groups is 3. The topological polar surface area (TPSA) is 103 Å². The molecule has 0 aromatic heterocycles. The number of carbonyl (C=O) groups excluding carboxylic acids is 3. The first-order valence-corrected chi connectivity index (χ1v) is 22.8. The van der Waals surface area contributed by atoms with Crippen molar-refractivity contribution in [1.29, 1.82) is 0 Å². The summed E-state index contributed by atoms with van der Waals surface area (Å²) in [5.74, 6) is -1.89. The molecule has 6 atom stereocenters. The molecule has 5 aliphatic rings. The van der Waals surface area contributed by atoms with Gasteiger partial charge in [0.1, 0.15) is 12.1 Å². The minimum Gasteiger partial charge on any atom is -0.465 e. The van der Waals surface area contributed by atoms with Crippen molar-refractivity contribution in [2.75, 3.05) is 6.61 Å². The van der Waals surface area contributed by atoms with Crippen LogP contribution in [0.2, 0.25) is 0 Å². The third kappa shape index (κ3) is 7.93. The predicted octanol–water partition coefficient (Wildman–Crippen LogP) is 9.65. The average Bonchev–Trinajstić information content (AvgIpc) is 3.82. The van der Waals surface area contributed by atoms with Crippen LogP contribution in [0, 0.1) is 29.1 Å². The van der Waals surface area contributed by atoms with Gasteiger partial charge in [0.15, 0.2) is 0 Å². The second-order valence-electron chi connectivity index (χ2n) is 19.5. The Balaban J connectivity index is 1.00. The summed E-state index contributed by atoms with van der Waals surface area (Å²) >= 11 is 0. The Morgan fingerprint density at radius 2 is 1.25 bits per heavy atom. The maximum absolute atomic E-state index is 14.9. The van der Waals surface area contributed by atoms with E-state index in [4.69, 9.17) is 14.0 Å². The van der Waals surface area contributed by atoms with Crippen LogP contribution in [0.1, 0.15) is 100 Å². The number of amides is 2. The normalized spacial score (nSPS) is 22.8. The largest absolute Gasteiger partial charge is 0.481 e. The molecule has 2 N–H and O–H groups in total. The Bertz CT molecular complexity index is 2300. The SMILES string of the molecule is CC(C)C[C@H](NC(=O)[C@@H](CC(=O)NC(c1ccccc1)(c1ccccc1)c1ccccc1)CC(=O)OCC1c2ccccc2-c2ccccc21)B1O[C@@H]2C[C@@H]3C[C@@H](C3(C)C)[C@]2(C)O1. The quantitative estimate of drug-likeness (QED) is 0.0619. The molecule has 1 saturated heterocycles. The fourth-order valence-electron chi connectivity index (χ4n) is 11.5. The minimum atomic E-state index is -1.10. The van der Waals surface area contributed by atoms with Crippen LogP contribution in [0.4, 0.5) is 0 Å². The van der Waals surface area contributed by atoms with Gasteiger partial charge < -0.3 is 24.7 Å². The minimum absolute atomic E-state index is 0.0599. The maximum Gasteiger partial charge on any atom is 0.481 e. The number of hydrogen-bond acceptors (Lipinski definition) is 6. The highest BCUT2D eigenvalue weighted by Crippen LogP contribution is 2.66. The van der Waals surface area contributed by atoms with Crippen molar-refractivity contribution in [3.8, 4) is 11.1 Å². The molecule has 4 fully saturated rings. The van der Waals surface area contributed by atoms with Crippen molar-refractivity contribution in [3.05, 3.63) is 167 Å².